The Hall–Kier alpha value is -8.62. The quantitative estimate of drug-likeness (QED) is 0.0336. The number of furan rings is 3. The van der Waals surface area contributed by atoms with Gasteiger partial charge in [0.1, 0.15) is 62.8 Å². The topological polar surface area (TPSA) is 354 Å². The zero-order valence-corrected chi connectivity index (χ0v) is 46.9. The first kappa shape index (κ1) is 59.5. The lowest BCUT2D eigenvalue weighted by Gasteiger charge is -2.25. The number of nitrogens with zero attached hydrogens (tertiary/aromatic N) is 9. The molecule has 7 aromatic rings. The molecule has 7 aromatic heterocycles. The molecular weight excluding hydrogens is 1110 g/mol. The van der Waals surface area contributed by atoms with Gasteiger partial charge in [-0.05, 0) is 114 Å². The van der Waals surface area contributed by atoms with E-state index in [0.717, 1.165) is 0 Å². The number of pyridine rings is 3. The van der Waals surface area contributed by atoms with Crippen LogP contribution in [0.25, 0.3) is 34.0 Å². The minimum atomic E-state index is -1.32. The number of aryl methyl sites for hydroxylation is 3. The summed E-state index contributed by atoms with van der Waals surface area (Å²) in [6.07, 6.45) is 1.22. The molecule has 1 aliphatic heterocycles. The summed E-state index contributed by atoms with van der Waals surface area (Å²) in [5.41, 5.74) is 2.48. The number of anilines is 1. The van der Waals surface area contributed by atoms with Crippen LogP contribution in [0.5, 0.6) is 0 Å². The van der Waals surface area contributed by atoms with Crippen LogP contribution in [0.3, 0.4) is 0 Å². The lowest BCUT2D eigenvalue weighted by atomic mass is 10.0. The van der Waals surface area contributed by atoms with Crippen molar-refractivity contribution < 1.29 is 67.6 Å². The molecule has 0 radical (unpaired) electrons. The molecule has 25 nitrogen and oxygen atoms in total. The highest BCUT2D eigenvalue weighted by Gasteiger charge is 2.28. The molecule has 8 rings (SSSR count). The molecule has 0 aliphatic carbocycles. The number of nitrogens with one attached hydrogen (secondary N) is 2. The van der Waals surface area contributed by atoms with E-state index in [1.165, 1.54) is 32.0 Å². The van der Waals surface area contributed by atoms with E-state index >= 15 is 0 Å². The molecule has 27 heteroatoms. The van der Waals surface area contributed by atoms with Gasteiger partial charge in [-0.2, -0.15) is 15.0 Å². The van der Waals surface area contributed by atoms with Crippen molar-refractivity contribution >= 4 is 64.9 Å². The van der Waals surface area contributed by atoms with Crippen molar-refractivity contribution in [2.75, 3.05) is 57.7 Å². The first-order chi connectivity index (χ1) is 38.9. The van der Waals surface area contributed by atoms with Crippen molar-refractivity contribution in [3.63, 3.8) is 0 Å². The van der Waals surface area contributed by atoms with Crippen molar-refractivity contribution in [2.24, 2.45) is 0 Å². The Labute approximate surface area is 478 Å². The summed E-state index contributed by atoms with van der Waals surface area (Å²) >= 11 is 11.7. The molecule has 7 N–H and O–H groups in total. The third kappa shape index (κ3) is 13.9. The molecule has 0 atom stereocenters. The Morgan fingerprint density at radius 1 is 0.463 bits per heavy atom. The van der Waals surface area contributed by atoms with Gasteiger partial charge in [-0.3, -0.25) is 19.5 Å². The summed E-state index contributed by atoms with van der Waals surface area (Å²) in [5.74, 6) is -5.25. The normalized spacial score (nSPS) is 13.6. The van der Waals surface area contributed by atoms with Crippen LogP contribution in [0.2, 0.25) is 10.6 Å². The molecule has 1 aliphatic rings. The van der Waals surface area contributed by atoms with Gasteiger partial charge < -0.3 is 49.4 Å². The fourth-order valence-corrected chi connectivity index (χ4v) is 10.3. The summed E-state index contributed by atoms with van der Waals surface area (Å²) in [6.45, 7) is 12.8. The van der Waals surface area contributed by atoms with E-state index in [2.05, 4.69) is 45.4 Å². The largest absolute Gasteiger partial charge is 0.478 e. The first-order valence-corrected chi connectivity index (χ1v) is 26.5. The average Bonchev–Trinajstić information content (AvgIpc) is 4.08. The monoisotopic (exact) mass is 1170 g/mol. The van der Waals surface area contributed by atoms with E-state index in [9.17, 15) is 54.3 Å². The van der Waals surface area contributed by atoms with Gasteiger partial charge in [0.25, 0.3) is 5.91 Å². The molecule has 0 aromatic carbocycles. The maximum absolute atomic E-state index is 13.6. The smallest absolute Gasteiger partial charge is 0.354 e. The Morgan fingerprint density at radius 3 is 1.12 bits per heavy atom. The molecule has 1 fully saturated rings. The van der Waals surface area contributed by atoms with Gasteiger partial charge >= 0.3 is 29.8 Å². The standard InChI is InChI=1S/C55H57Cl2N11O14/c1-26-41(47(69)58-9-7-8-10-59-55-64-53(56)63-54(57)65-55)29(4)80-44(26)32-17-35(60-38(20-32)48(70)71)23-66-11-13-67(24-36-18-33(21-39(61-36)49(72)73)45-27(2)42(51(76)77)30(5)81-45)15-16-68(14-12-66)25-37-19-34(22-40(62-37)50(74)75)46-28(3)43(52(78)79)31(6)82-46/h17-22H,7-16,23-25H2,1-6H3,(H,58,69)(H,70,71)(H,72,73)(H,74,75)(H,76,77)(H,78,79)(H,59,63,64,65). The molecule has 0 bridgehead atoms. The number of aromatic nitrogens is 6. The maximum Gasteiger partial charge on any atom is 0.354 e. The van der Waals surface area contributed by atoms with Gasteiger partial charge in [-0.25, -0.2) is 38.9 Å². The van der Waals surface area contributed by atoms with Gasteiger partial charge in [-0.1, -0.05) is 0 Å². The Kier molecular flexibility index (Phi) is 18.5. The van der Waals surface area contributed by atoms with Crippen LogP contribution >= 0.6 is 23.2 Å². The molecule has 430 valence electrons. The number of amides is 1. The number of carboxylic acids is 5. The van der Waals surface area contributed by atoms with Crippen molar-refractivity contribution in [1.29, 1.82) is 0 Å². The second-order valence-electron chi connectivity index (χ2n) is 19.6. The van der Waals surface area contributed by atoms with Crippen LogP contribution in [0.4, 0.5) is 5.95 Å². The van der Waals surface area contributed by atoms with Gasteiger partial charge in [0.05, 0.1) is 22.6 Å². The van der Waals surface area contributed by atoms with Crippen LogP contribution in [0, 0.1) is 41.5 Å². The molecule has 1 amide bonds. The number of halogens is 2. The van der Waals surface area contributed by atoms with E-state index in [1.807, 2.05) is 9.80 Å². The fourth-order valence-electron chi connectivity index (χ4n) is 9.97. The van der Waals surface area contributed by atoms with Gasteiger partial charge in [0.2, 0.25) is 16.5 Å². The summed E-state index contributed by atoms with van der Waals surface area (Å²) in [5, 5.41) is 56.4. The number of hydrogen-bond acceptors (Lipinski definition) is 19. The highest BCUT2D eigenvalue weighted by molar-refractivity contribution is 6.31. The molecule has 8 heterocycles. The van der Waals surface area contributed by atoms with Crippen LogP contribution in [-0.4, -0.2) is 158 Å². The number of carboxylic acid groups (broad SMARTS) is 5. The minimum absolute atomic E-state index is 0.0391. The molecule has 1 saturated heterocycles. The number of carbonyl (C=O) groups is 6. The molecule has 0 unspecified atom stereocenters. The highest BCUT2D eigenvalue weighted by Crippen LogP contribution is 2.35. The third-order valence-corrected chi connectivity index (χ3v) is 14.1. The van der Waals surface area contributed by atoms with Gasteiger partial charge in [0.15, 0.2) is 0 Å². The third-order valence-electron chi connectivity index (χ3n) is 13.8. The Bertz CT molecular complexity index is 3490. The molecule has 0 spiro atoms. The van der Waals surface area contributed by atoms with E-state index < -0.39 is 29.8 Å². The number of rotatable bonds is 21. The lowest BCUT2D eigenvalue weighted by molar-refractivity contribution is 0.0679. The molecular formula is C55H57Cl2N11O14. The summed E-state index contributed by atoms with van der Waals surface area (Å²) in [6, 6.07) is 9.01. The van der Waals surface area contributed by atoms with E-state index in [4.69, 9.17) is 36.5 Å². The second-order valence-corrected chi connectivity index (χ2v) is 20.3. The van der Waals surface area contributed by atoms with E-state index in [1.54, 1.807) is 45.9 Å². The number of hydrogen-bond donors (Lipinski definition) is 7. The zero-order chi connectivity index (χ0) is 59.3. The zero-order valence-electron chi connectivity index (χ0n) is 45.3. The Morgan fingerprint density at radius 2 is 0.793 bits per heavy atom. The van der Waals surface area contributed by atoms with Gasteiger partial charge in [0, 0.05) is 105 Å². The van der Waals surface area contributed by atoms with Crippen LogP contribution < -0.4 is 10.6 Å². The van der Waals surface area contributed by atoms with Crippen molar-refractivity contribution in [3.05, 3.63) is 132 Å². The SMILES string of the molecule is Cc1oc(-c2cc(CN3CCN(Cc4cc(-c5oc(C)c(C(=O)O)c5C)cc(C(=O)O)n4)CCN(Cc4cc(-c5oc(C)c(C(=O)NCCCCNc6nc(Cl)nc(Cl)n6)c5C)cc(C(=O)O)n4)CC3)nc(C(=O)O)c2)c(C)c1C(=O)O. The van der Waals surface area contributed by atoms with Crippen molar-refractivity contribution in [2.45, 2.75) is 74.0 Å². The predicted molar refractivity (Wildman–Crippen MR) is 295 cm³/mol. The summed E-state index contributed by atoms with van der Waals surface area (Å²) in [7, 11) is 0. The van der Waals surface area contributed by atoms with Crippen molar-refractivity contribution in [1.82, 2.24) is 49.9 Å². The Balaban J connectivity index is 1.07. The first-order valence-electron chi connectivity index (χ1n) is 25.7. The second kappa shape index (κ2) is 25.4. The predicted octanol–water partition coefficient (Wildman–Crippen LogP) is 7.93. The van der Waals surface area contributed by atoms with Crippen LogP contribution in [0.1, 0.15) is 126 Å². The van der Waals surface area contributed by atoms with E-state index in [-0.39, 0.29) is 99.1 Å². The lowest BCUT2D eigenvalue weighted by Crippen LogP contribution is -2.36. The van der Waals surface area contributed by atoms with Crippen LogP contribution in [-0.2, 0) is 19.6 Å². The highest BCUT2D eigenvalue weighted by atomic mass is 35.5. The average molecular weight is 1170 g/mol. The number of unbranched alkanes of at least 4 members (excludes halogenated alkanes) is 1. The van der Waals surface area contributed by atoms with E-state index in [0.29, 0.717) is 127 Å². The number of carbonyl (C=O) groups excluding carboxylic acids is 1. The van der Waals surface area contributed by atoms with Gasteiger partial charge in [-0.15, -0.1) is 0 Å². The number of aromatic carboxylic acids is 5. The fraction of sp³-hybridized carbons (Fsp3) is 0.345. The molecule has 0 saturated carbocycles. The summed E-state index contributed by atoms with van der Waals surface area (Å²) < 4.78 is 18.0. The van der Waals surface area contributed by atoms with Crippen molar-refractivity contribution in [3.8, 4) is 34.0 Å². The summed E-state index contributed by atoms with van der Waals surface area (Å²) in [4.78, 5) is 107. The van der Waals surface area contributed by atoms with Crippen LogP contribution in [0.15, 0.2) is 49.6 Å². The maximum atomic E-state index is 13.6. The molecule has 82 heavy (non-hydrogen) atoms. The minimum Gasteiger partial charge on any atom is -0.478 e.